The van der Waals surface area contributed by atoms with E-state index in [1.165, 1.54) is 4.90 Å². The molecule has 0 aliphatic carbocycles. The number of piperazine rings is 1. The number of anilines is 1. The number of urea groups is 2. The first-order valence-corrected chi connectivity index (χ1v) is 12.6. The number of carbonyl (C=O) groups excluding carboxylic acids is 3. The zero-order valence-electron chi connectivity index (χ0n) is 21.9. The molecule has 1 saturated heterocycles. The van der Waals surface area contributed by atoms with Gasteiger partial charge in [0.2, 0.25) is 0 Å². The Hall–Kier alpha value is -3.85. The fourth-order valence-electron chi connectivity index (χ4n) is 4.95. The smallest absolute Gasteiger partial charge is 0.338 e. The van der Waals surface area contributed by atoms with Gasteiger partial charge in [0.15, 0.2) is 0 Å². The lowest BCUT2D eigenvalue weighted by molar-refractivity contribution is -0.139. The Morgan fingerprint density at radius 1 is 1.08 bits per heavy atom. The van der Waals surface area contributed by atoms with E-state index in [4.69, 9.17) is 4.74 Å². The van der Waals surface area contributed by atoms with Gasteiger partial charge < -0.3 is 20.3 Å². The number of likely N-dealkylation sites (N-methyl/N-ethyl adjacent to an activating group) is 1. The van der Waals surface area contributed by atoms with Gasteiger partial charge in [-0.2, -0.15) is 0 Å². The molecule has 37 heavy (non-hydrogen) atoms. The van der Waals surface area contributed by atoms with E-state index in [9.17, 15) is 14.4 Å². The van der Waals surface area contributed by atoms with Crippen LogP contribution in [0.2, 0.25) is 0 Å². The first-order chi connectivity index (χ1) is 17.8. The molecular formula is C28H35N5O4. The van der Waals surface area contributed by atoms with Gasteiger partial charge in [-0.1, -0.05) is 42.5 Å². The van der Waals surface area contributed by atoms with Gasteiger partial charge >= 0.3 is 18.0 Å². The molecule has 4 amide bonds. The van der Waals surface area contributed by atoms with E-state index < -0.39 is 12.0 Å². The molecule has 9 nitrogen and oxygen atoms in total. The Balaban J connectivity index is 1.57. The predicted molar refractivity (Wildman–Crippen MR) is 142 cm³/mol. The molecule has 2 atom stereocenters. The Bertz CT molecular complexity index is 1180. The van der Waals surface area contributed by atoms with Crippen molar-refractivity contribution in [3.63, 3.8) is 0 Å². The topological polar surface area (TPSA) is 94.2 Å². The van der Waals surface area contributed by atoms with Gasteiger partial charge in [0.1, 0.15) is 0 Å². The number of ether oxygens (including phenoxy) is 1. The van der Waals surface area contributed by atoms with Crippen LogP contribution in [0.3, 0.4) is 0 Å². The van der Waals surface area contributed by atoms with E-state index in [0.29, 0.717) is 37.4 Å². The number of hydrogen-bond donors (Lipinski definition) is 2. The highest BCUT2D eigenvalue weighted by molar-refractivity contribution is 5.95. The third-order valence-electron chi connectivity index (χ3n) is 6.94. The SMILES string of the molecule is CCOC(=O)C1=C(CN2CCN(C(=O)Nc3ccccc3)[C@@H](C)C2)N(C)C(=O)N[C@@H]1c1ccccc1C. The maximum absolute atomic E-state index is 13.2. The van der Waals surface area contributed by atoms with Crippen molar-refractivity contribution in [1.29, 1.82) is 0 Å². The van der Waals surface area contributed by atoms with Gasteiger partial charge in [-0.05, 0) is 44.0 Å². The summed E-state index contributed by atoms with van der Waals surface area (Å²) in [6.07, 6.45) is 0. The number of aryl methyl sites for hydroxylation is 1. The first kappa shape index (κ1) is 26.2. The van der Waals surface area contributed by atoms with Gasteiger partial charge in [0.25, 0.3) is 0 Å². The van der Waals surface area contributed by atoms with Crippen molar-refractivity contribution in [3.8, 4) is 0 Å². The molecule has 0 bridgehead atoms. The van der Waals surface area contributed by atoms with Crippen molar-refractivity contribution >= 4 is 23.7 Å². The van der Waals surface area contributed by atoms with Crippen molar-refractivity contribution < 1.29 is 19.1 Å². The number of rotatable bonds is 6. The van der Waals surface area contributed by atoms with Gasteiger partial charge in [-0.3, -0.25) is 9.80 Å². The number of carbonyl (C=O) groups is 3. The molecule has 0 spiro atoms. The second-order valence-electron chi connectivity index (χ2n) is 9.45. The number of esters is 1. The van der Waals surface area contributed by atoms with E-state index in [1.807, 2.05) is 73.3 Å². The summed E-state index contributed by atoms with van der Waals surface area (Å²) in [5.41, 5.74) is 3.65. The van der Waals surface area contributed by atoms with Crippen LogP contribution in [0.25, 0.3) is 0 Å². The van der Waals surface area contributed by atoms with E-state index in [0.717, 1.165) is 16.8 Å². The van der Waals surface area contributed by atoms with Gasteiger partial charge in [0, 0.05) is 50.7 Å². The van der Waals surface area contributed by atoms with E-state index in [2.05, 4.69) is 15.5 Å². The van der Waals surface area contributed by atoms with Crippen molar-refractivity contribution in [2.24, 2.45) is 0 Å². The Morgan fingerprint density at radius 2 is 1.78 bits per heavy atom. The van der Waals surface area contributed by atoms with Crippen LogP contribution in [0.5, 0.6) is 0 Å². The summed E-state index contributed by atoms with van der Waals surface area (Å²) in [5.74, 6) is -0.438. The number of amides is 4. The highest BCUT2D eigenvalue weighted by Crippen LogP contribution is 2.33. The fourth-order valence-corrected chi connectivity index (χ4v) is 4.95. The van der Waals surface area contributed by atoms with Gasteiger partial charge in [0.05, 0.1) is 18.2 Å². The van der Waals surface area contributed by atoms with Crippen LogP contribution in [0, 0.1) is 6.92 Å². The monoisotopic (exact) mass is 505 g/mol. The molecule has 2 aliphatic heterocycles. The van der Waals surface area contributed by atoms with Crippen molar-refractivity contribution in [2.75, 3.05) is 45.2 Å². The molecule has 196 valence electrons. The van der Waals surface area contributed by atoms with Gasteiger partial charge in [-0.25, -0.2) is 14.4 Å². The fraction of sp³-hybridized carbons (Fsp3) is 0.393. The minimum Gasteiger partial charge on any atom is -0.463 e. The molecule has 1 fully saturated rings. The third-order valence-corrected chi connectivity index (χ3v) is 6.94. The zero-order chi connectivity index (χ0) is 26.5. The number of nitrogens with one attached hydrogen (secondary N) is 2. The molecule has 0 saturated carbocycles. The molecule has 0 aromatic heterocycles. The Labute approximate surface area is 218 Å². The average molecular weight is 506 g/mol. The summed E-state index contributed by atoms with van der Waals surface area (Å²) in [4.78, 5) is 44.6. The highest BCUT2D eigenvalue weighted by atomic mass is 16.5. The normalized spacial score (nSPS) is 20.5. The van der Waals surface area contributed by atoms with E-state index >= 15 is 0 Å². The lowest BCUT2D eigenvalue weighted by Crippen LogP contribution is -2.57. The van der Waals surface area contributed by atoms with Crippen LogP contribution in [-0.2, 0) is 9.53 Å². The lowest BCUT2D eigenvalue weighted by atomic mass is 9.91. The number of benzene rings is 2. The van der Waals surface area contributed by atoms with Crippen LogP contribution in [0.15, 0.2) is 65.9 Å². The highest BCUT2D eigenvalue weighted by Gasteiger charge is 2.38. The molecular weight excluding hydrogens is 470 g/mol. The number of nitrogens with zero attached hydrogens (tertiary/aromatic N) is 3. The third kappa shape index (κ3) is 5.77. The summed E-state index contributed by atoms with van der Waals surface area (Å²) in [6.45, 7) is 8.10. The maximum Gasteiger partial charge on any atom is 0.338 e. The minimum atomic E-state index is -0.602. The van der Waals surface area contributed by atoms with Crippen molar-refractivity contribution in [3.05, 3.63) is 77.0 Å². The Morgan fingerprint density at radius 3 is 2.46 bits per heavy atom. The maximum atomic E-state index is 13.2. The molecule has 2 N–H and O–H groups in total. The molecule has 2 aliphatic rings. The summed E-state index contributed by atoms with van der Waals surface area (Å²) in [5, 5.41) is 5.94. The second-order valence-corrected chi connectivity index (χ2v) is 9.45. The average Bonchev–Trinajstić information content (AvgIpc) is 2.87. The molecule has 2 aromatic carbocycles. The van der Waals surface area contributed by atoms with Crippen LogP contribution < -0.4 is 10.6 Å². The molecule has 2 aromatic rings. The van der Waals surface area contributed by atoms with Crippen LogP contribution in [0.4, 0.5) is 15.3 Å². The molecule has 4 rings (SSSR count). The second kappa shape index (κ2) is 11.5. The first-order valence-electron chi connectivity index (χ1n) is 12.6. The number of hydrogen-bond acceptors (Lipinski definition) is 5. The van der Waals surface area contributed by atoms with Crippen molar-refractivity contribution in [2.45, 2.75) is 32.9 Å². The molecule has 0 radical (unpaired) electrons. The molecule has 2 heterocycles. The summed E-state index contributed by atoms with van der Waals surface area (Å²) in [7, 11) is 1.67. The summed E-state index contributed by atoms with van der Waals surface area (Å²) >= 11 is 0. The minimum absolute atomic E-state index is 0.0565. The lowest BCUT2D eigenvalue weighted by Gasteiger charge is -2.42. The van der Waals surface area contributed by atoms with Crippen LogP contribution >= 0.6 is 0 Å². The quantitative estimate of drug-likeness (QED) is 0.584. The zero-order valence-corrected chi connectivity index (χ0v) is 21.9. The standard InChI is InChI=1S/C28H35N5O4/c1-5-37-26(34)24-23(31(4)27(35)30-25(24)22-14-10-9-11-19(22)2)18-32-15-16-33(20(3)17-32)28(36)29-21-12-7-6-8-13-21/h6-14,20,25H,5,15-18H2,1-4H3,(H,29,36)(H,30,35)/t20-,25+/m0/s1. The number of para-hydroxylation sites is 1. The van der Waals surface area contributed by atoms with Gasteiger partial charge in [-0.15, -0.1) is 0 Å². The van der Waals surface area contributed by atoms with Crippen LogP contribution in [0.1, 0.15) is 31.0 Å². The van der Waals surface area contributed by atoms with Crippen molar-refractivity contribution in [1.82, 2.24) is 20.0 Å². The molecule has 0 unspecified atom stereocenters. The predicted octanol–water partition coefficient (Wildman–Crippen LogP) is 3.75. The van der Waals surface area contributed by atoms with E-state index in [-0.39, 0.29) is 24.7 Å². The van der Waals surface area contributed by atoms with Crippen LogP contribution in [-0.4, -0.2) is 78.6 Å². The molecule has 9 heteroatoms. The summed E-state index contributed by atoms with van der Waals surface area (Å²) < 4.78 is 5.45. The Kier molecular flexibility index (Phi) is 8.13. The largest absolute Gasteiger partial charge is 0.463 e. The van der Waals surface area contributed by atoms with E-state index in [1.54, 1.807) is 14.0 Å². The summed E-state index contributed by atoms with van der Waals surface area (Å²) in [6, 6.07) is 16.0.